The minimum Gasteiger partial charge on any atom is -0.334 e. The summed E-state index contributed by atoms with van der Waals surface area (Å²) in [6.07, 6.45) is 1.93. The second kappa shape index (κ2) is 4.92. The normalized spacial score (nSPS) is 17.5. The molecular weight excluding hydrogens is 312 g/mol. The van der Waals surface area contributed by atoms with Gasteiger partial charge in [-0.25, -0.2) is 0 Å². The Kier molecular flexibility index (Phi) is 3.62. The van der Waals surface area contributed by atoms with Crippen LogP contribution in [0.3, 0.4) is 0 Å². The summed E-state index contributed by atoms with van der Waals surface area (Å²) in [5.74, 6) is -0.141. The third-order valence-electron chi connectivity index (χ3n) is 3.54. The fraction of sp³-hybridized carbons (Fsp3) is 0.462. The Bertz CT molecular complexity index is 543. The second-order valence-corrected chi connectivity index (χ2v) is 6.15. The fourth-order valence-corrected chi connectivity index (χ4v) is 2.82. The monoisotopic (exact) mass is 326 g/mol. The summed E-state index contributed by atoms with van der Waals surface area (Å²) in [5.41, 5.74) is 0.103. The van der Waals surface area contributed by atoms with E-state index in [1.807, 2.05) is 13.8 Å². The van der Waals surface area contributed by atoms with Crippen molar-refractivity contribution in [3.63, 3.8) is 0 Å². The van der Waals surface area contributed by atoms with Crippen molar-refractivity contribution < 1.29 is 9.72 Å². The molecule has 2 rings (SSSR count). The van der Waals surface area contributed by atoms with Crippen molar-refractivity contribution in [2.75, 3.05) is 6.54 Å². The number of benzene rings is 1. The standard InChI is InChI=1S/C13H15BrN2O3/c1-13(2)6-3-7-15(13)12(17)9-4-5-10(14)11(8-9)16(18)19/h4-5,8H,3,6-7H2,1-2H3. The lowest BCUT2D eigenvalue weighted by molar-refractivity contribution is -0.385. The Hall–Kier alpha value is -1.43. The molecule has 19 heavy (non-hydrogen) atoms. The predicted octanol–water partition coefficient (Wildman–Crippen LogP) is 3.37. The van der Waals surface area contributed by atoms with Gasteiger partial charge in [0.25, 0.3) is 11.6 Å². The van der Waals surface area contributed by atoms with Crippen LogP contribution in [0.15, 0.2) is 22.7 Å². The van der Waals surface area contributed by atoms with Crippen molar-refractivity contribution in [1.82, 2.24) is 4.90 Å². The van der Waals surface area contributed by atoms with Gasteiger partial charge in [-0.15, -0.1) is 0 Å². The molecule has 102 valence electrons. The SMILES string of the molecule is CC1(C)CCCN1C(=O)c1ccc(Br)c([N+](=O)[O-])c1. The number of carbonyl (C=O) groups is 1. The quantitative estimate of drug-likeness (QED) is 0.618. The summed E-state index contributed by atoms with van der Waals surface area (Å²) < 4.78 is 0.384. The minimum atomic E-state index is -0.490. The third kappa shape index (κ3) is 2.63. The van der Waals surface area contributed by atoms with Crippen molar-refractivity contribution in [3.05, 3.63) is 38.3 Å². The smallest absolute Gasteiger partial charge is 0.284 e. The lowest BCUT2D eigenvalue weighted by atomic mass is 10.0. The van der Waals surface area contributed by atoms with Gasteiger partial charge < -0.3 is 4.90 Å². The topological polar surface area (TPSA) is 63.5 Å². The third-order valence-corrected chi connectivity index (χ3v) is 4.21. The summed E-state index contributed by atoms with van der Waals surface area (Å²) >= 11 is 3.12. The first-order valence-corrected chi connectivity index (χ1v) is 6.88. The van der Waals surface area contributed by atoms with Crippen LogP contribution in [0.1, 0.15) is 37.0 Å². The average molecular weight is 327 g/mol. The molecule has 1 aliphatic heterocycles. The number of carbonyl (C=O) groups excluding carboxylic acids is 1. The van der Waals surface area contributed by atoms with Crippen LogP contribution in [-0.2, 0) is 0 Å². The van der Waals surface area contributed by atoms with E-state index in [0.29, 0.717) is 16.6 Å². The number of rotatable bonds is 2. The summed E-state index contributed by atoms with van der Waals surface area (Å²) in [5, 5.41) is 10.9. The molecule has 0 N–H and O–H groups in total. The van der Waals surface area contributed by atoms with Gasteiger partial charge in [0.1, 0.15) is 0 Å². The Morgan fingerprint density at radius 2 is 2.16 bits per heavy atom. The molecule has 1 aromatic carbocycles. The second-order valence-electron chi connectivity index (χ2n) is 5.30. The van der Waals surface area contributed by atoms with Gasteiger partial charge in [0, 0.05) is 23.7 Å². The lowest BCUT2D eigenvalue weighted by Gasteiger charge is -2.31. The summed E-state index contributed by atoms with van der Waals surface area (Å²) in [6.45, 7) is 4.74. The van der Waals surface area contributed by atoms with Crippen LogP contribution in [0.4, 0.5) is 5.69 Å². The Balaban J connectivity index is 2.35. The van der Waals surface area contributed by atoms with E-state index in [2.05, 4.69) is 15.9 Å². The van der Waals surface area contributed by atoms with Crippen LogP contribution in [-0.4, -0.2) is 27.8 Å². The van der Waals surface area contributed by atoms with Crippen LogP contribution in [0.25, 0.3) is 0 Å². The van der Waals surface area contributed by atoms with Crippen molar-refractivity contribution in [2.24, 2.45) is 0 Å². The summed E-state index contributed by atoms with van der Waals surface area (Å²) in [4.78, 5) is 24.6. The van der Waals surface area contributed by atoms with Crippen molar-refractivity contribution in [1.29, 1.82) is 0 Å². The molecule has 1 amide bonds. The van der Waals surface area contributed by atoms with E-state index in [0.717, 1.165) is 12.8 Å². The molecule has 0 saturated carbocycles. The van der Waals surface area contributed by atoms with Crippen LogP contribution in [0.2, 0.25) is 0 Å². The maximum Gasteiger partial charge on any atom is 0.284 e. The molecule has 0 spiro atoms. The van der Waals surface area contributed by atoms with Crippen LogP contribution in [0, 0.1) is 10.1 Å². The number of halogens is 1. The molecule has 0 aromatic heterocycles. The molecule has 0 aliphatic carbocycles. The largest absolute Gasteiger partial charge is 0.334 e. The van der Waals surface area contributed by atoms with E-state index in [4.69, 9.17) is 0 Å². The van der Waals surface area contributed by atoms with Gasteiger partial charge in [0.2, 0.25) is 0 Å². The number of hydrogen-bond donors (Lipinski definition) is 0. The van der Waals surface area contributed by atoms with Crippen LogP contribution >= 0.6 is 15.9 Å². The van der Waals surface area contributed by atoms with Gasteiger partial charge in [0.15, 0.2) is 0 Å². The molecule has 0 bridgehead atoms. The number of nitro benzene ring substituents is 1. The van der Waals surface area contributed by atoms with Gasteiger partial charge in [-0.05, 0) is 54.8 Å². The zero-order chi connectivity index (χ0) is 14.2. The van der Waals surface area contributed by atoms with Gasteiger partial charge >= 0.3 is 0 Å². The van der Waals surface area contributed by atoms with E-state index in [9.17, 15) is 14.9 Å². The highest BCUT2D eigenvalue weighted by molar-refractivity contribution is 9.10. The summed E-state index contributed by atoms with van der Waals surface area (Å²) in [7, 11) is 0. The molecule has 1 aliphatic rings. The molecule has 1 heterocycles. The van der Waals surface area contributed by atoms with Crippen LogP contribution in [0.5, 0.6) is 0 Å². The number of nitrogens with zero attached hydrogens (tertiary/aromatic N) is 2. The highest BCUT2D eigenvalue weighted by Crippen LogP contribution is 2.31. The Morgan fingerprint density at radius 3 is 2.68 bits per heavy atom. The molecule has 0 atom stereocenters. The van der Waals surface area contributed by atoms with E-state index in [-0.39, 0.29) is 17.1 Å². The van der Waals surface area contributed by atoms with Gasteiger partial charge in [-0.1, -0.05) is 0 Å². The highest BCUT2D eigenvalue weighted by atomic mass is 79.9. The van der Waals surface area contributed by atoms with E-state index >= 15 is 0 Å². The molecule has 5 nitrogen and oxygen atoms in total. The van der Waals surface area contributed by atoms with Crippen molar-refractivity contribution >= 4 is 27.5 Å². The first kappa shape index (κ1) is 14.0. The number of nitro groups is 1. The molecule has 0 unspecified atom stereocenters. The molecular formula is C13H15BrN2O3. The minimum absolute atomic E-state index is 0.0807. The van der Waals surface area contributed by atoms with Gasteiger partial charge in [-0.3, -0.25) is 14.9 Å². The predicted molar refractivity (Wildman–Crippen MR) is 75.1 cm³/mol. The Labute approximate surface area is 119 Å². The van der Waals surface area contributed by atoms with Crippen molar-refractivity contribution in [3.8, 4) is 0 Å². The maximum absolute atomic E-state index is 12.4. The van der Waals surface area contributed by atoms with E-state index in [1.54, 1.807) is 17.0 Å². The zero-order valence-corrected chi connectivity index (χ0v) is 12.4. The fourth-order valence-electron chi connectivity index (χ4n) is 2.43. The number of likely N-dealkylation sites (tertiary alicyclic amines) is 1. The lowest BCUT2D eigenvalue weighted by Crippen LogP contribution is -2.42. The molecule has 1 fully saturated rings. The molecule has 1 aromatic rings. The first-order chi connectivity index (χ1) is 8.83. The van der Waals surface area contributed by atoms with Crippen molar-refractivity contribution in [2.45, 2.75) is 32.2 Å². The van der Waals surface area contributed by atoms with Gasteiger partial charge in [0.05, 0.1) is 9.40 Å². The highest BCUT2D eigenvalue weighted by Gasteiger charge is 2.36. The zero-order valence-electron chi connectivity index (χ0n) is 10.9. The summed E-state index contributed by atoms with van der Waals surface area (Å²) in [6, 6.07) is 4.50. The van der Waals surface area contributed by atoms with E-state index < -0.39 is 4.92 Å². The average Bonchev–Trinajstić information content (AvgIpc) is 2.68. The Morgan fingerprint density at radius 1 is 1.47 bits per heavy atom. The van der Waals surface area contributed by atoms with E-state index in [1.165, 1.54) is 6.07 Å². The molecule has 0 radical (unpaired) electrons. The number of hydrogen-bond acceptors (Lipinski definition) is 3. The molecule has 1 saturated heterocycles. The van der Waals surface area contributed by atoms with Gasteiger partial charge in [-0.2, -0.15) is 0 Å². The number of amides is 1. The first-order valence-electron chi connectivity index (χ1n) is 6.09. The van der Waals surface area contributed by atoms with Crippen LogP contribution < -0.4 is 0 Å². The maximum atomic E-state index is 12.4. The molecule has 6 heteroatoms.